The normalized spacial score (nSPS) is 13.5. The Balaban J connectivity index is 2.18. The van der Waals surface area contributed by atoms with Gasteiger partial charge in [0.05, 0.1) is 5.69 Å². The van der Waals surface area contributed by atoms with Gasteiger partial charge in [-0.25, -0.2) is 0 Å². The highest BCUT2D eigenvalue weighted by atomic mass is 16.5. The molecule has 1 aromatic heterocycles. The summed E-state index contributed by atoms with van der Waals surface area (Å²) in [4.78, 5) is 16.1. The topological polar surface area (TPSA) is 65.6 Å². The van der Waals surface area contributed by atoms with E-state index in [1.165, 1.54) is 6.07 Å². The molecule has 5 nitrogen and oxygen atoms in total. The number of phenolic OH excluding ortho intramolecular Hbond substituents is 1. The van der Waals surface area contributed by atoms with E-state index in [1.54, 1.807) is 24.5 Å². The smallest absolute Gasteiger partial charge is 0.248 e. The molecule has 0 radical (unpaired) electrons. The summed E-state index contributed by atoms with van der Waals surface area (Å²) in [5.74, 6) is 0.177. The minimum Gasteiger partial charge on any atom is -0.508 e. The maximum absolute atomic E-state index is 11.4. The lowest BCUT2D eigenvalue weighted by Gasteiger charge is -2.20. The van der Waals surface area contributed by atoms with E-state index in [2.05, 4.69) is 4.98 Å². The molecule has 0 fully saturated rings. The van der Waals surface area contributed by atoms with E-state index in [0.29, 0.717) is 6.73 Å². The Bertz CT molecular complexity index is 778. The van der Waals surface area contributed by atoms with Crippen molar-refractivity contribution in [3.63, 3.8) is 0 Å². The molecule has 0 saturated carbocycles. The first-order valence-corrected chi connectivity index (χ1v) is 6.65. The van der Waals surface area contributed by atoms with Crippen LogP contribution in [0.1, 0.15) is 11.3 Å². The summed E-state index contributed by atoms with van der Waals surface area (Å²) in [6, 6.07) is 6.68. The number of H-pyrrole nitrogens is 1. The number of aromatic hydroxyl groups is 1. The fraction of sp³-hybridized carbons (Fsp3) is 0.188. The molecular formula is C16H16N2O3. The largest absolute Gasteiger partial charge is 0.508 e. The lowest BCUT2D eigenvalue weighted by Crippen LogP contribution is -2.15. The first-order valence-electron chi connectivity index (χ1n) is 6.65. The van der Waals surface area contributed by atoms with Crippen LogP contribution in [0.15, 0.2) is 41.5 Å². The molecule has 1 aliphatic heterocycles. The third-order valence-electron chi connectivity index (χ3n) is 3.63. The monoisotopic (exact) mass is 284 g/mol. The molecule has 0 saturated heterocycles. The quantitative estimate of drug-likeness (QED) is 0.889. The van der Waals surface area contributed by atoms with Crippen molar-refractivity contribution >= 4 is 5.69 Å². The summed E-state index contributed by atoms with van der Waals surface area (Å²) < 4.78 is 5.21. The zero-order valence-corrected chi connectivity index (χ0v) is 11.9. The van der Waals surface area contributed by atoms with Crippen molar-refractivity contribution in [1.82, 2.24) is 4.98 Å². The fourth-order valence-corrected chi connectivity index (χ4v) is 2.56. The van der Waals surface area contributed by atoms with Crippen molar-refractivity contribution < 1.29 is 9.84 Å². The number of aromatic amines is 1. The lowest BCUT2D eigenvalue weighted by atomic mass is 9.97. The van der Waals surface area contributed by atoms with Crippen LogP contribution in [0.2, 0.25) is 0 Å². The highest BCUT2D eigenvalue weighted by molar-refractivity contribution is 5.77. The van der Waals surface area contributed by atoms with Gasteiger partial charge in [-0.15, -0.1) is 0 Å². The Morgan fingerprint density at radius 2 is 2.05 bits per heavy atom. The maximum atomic E-state index is 11.4. The predicted molar refractivity (Wildman–Crippen MR) is 81.2 cm³/mol. The summed E-state index contributed by atoms with van der Waals surface area (Å²) in [5.41, 5.74) is 4.32. The molecule has 0 atom stereocenters. The van der Waals surface area contributed by atoms with Gasteiger partial charge >= 0.3 is 0 Å². The number of hydrogen-bond acceptors (Lipinski definition) is 4. The Kier molecular flexibility index (Phi) is 3.17. The van der Waals surface area contributed by atoms with E-state index in [9.17, 15) is 9.90 Å². The van der Waals surface area contributed by atoms with Crippen molar-refractivity contribution in [2.45, 2.75) is 13.8 Å². The van der Waals surface area contributed by atoms with Gasteiger partial charge in [0, 0.05) is 29.6 Å². The van der Waals surface area contributed by atoms with E-state index in [1.807, 2.05) is 24.9 Å². The van der Waals surface area contributed by atoms with Crippen LogP contribution in [0.25, 0.3) is 11.1 Å². The van der Waals surface area contributed by atoms with Crippen LogP contribution >= 0.6 is 0 Å². The highest BCUT2D eigenvalue weighted by Gasteiger charge is 2.16. The number of anilines is 1. The van der Waals surface area contributed by atoms with Crippen LogP contribution in [-0.2, 0) is 4.74 Å². The summed E-state index contributed by atoms with van der Waals surface area (Å²) in [7, 11) is 0. The van der Waals surface area contributed by atoms with Gasteiger partial charge in [0.25, 0.3) is 0 Å². The van der Waals surface area contributed by atoms with Crippen molar-refractivity contribution in [3.05, 3.63) is 58.3 Å². The average molecular weight is 284 g/mol. The molecule has 2 aromatic rings. The first-order chi connectivity index (χ1) is 10.1. The molecule has 1 aromatic carbocycles. The molecule has 1 aliphatic rings. The molecule has 3 rings (SSSR count). The number of hydrogen-bond donors (Lipinski definition) is 2. The van der Waals surface area contributed by atoms with Crippen LogP contribution < -0.4 is 10.5 Å². The van der Waals surface area contributed by atoms with Gasteiger partial charge < -0.3 is 19.7 Å². The van der Waals surface area contributed by atoms with Gasteiger partial charge in [0.15, 0.2) is 6.73 Å². The molecule has 0 spiro atoms. The van der Waals surface area contributed by atoms with Gasteiger partial charge in [-0.3, -0.25) is 4.79 Å². The Labute approximate surface area is 122 Å². The molecule has 2 N–H and O–H groups in total. The second-order valence-corrected chi connectivity index (χ2v) is 5.05. The number of phenols is 1. The summed E-state index contributed by atoms with van der Waals surface area (Å²) >= 11 is 0. The molecule has 0 unspecified atom stereocenters. The standard InChI is InChI=1S/C16H16N2O3/c1-10-14(13-3-4-16(20)17-11(13)2)7-12(19)8-15(10)18-5-6-21-9-18/h3-8,19H,9H2,1-2H3,(H,17,20). The number of pyridine rings is 1. The summed E-state index contributed by atoms with van der Waals surface area (Å²) in [6.07, 6.45) is 3.44. The second kappa shape index (κ2) is 5.01. The lowest BCUT2D eigenvalue weighted by molar-refractivity contribution is 0.282. The van der Waals surface area contributed by atoms with Gasteiger partial charge in [-0.05, 0) is 37.1 Å². The molecule has 0 amide bonds. The predicted octanol–water partition coefficient (Wildman–Crippen LogP) is 2.63. The van der Waals surface area contributed by atoms with Crippen molar-refractivity contribution in [2.24, 2.45) is 0 Å². The number of rotatable bonds is 2. The van der Waals surface area contributed by atoms with Gasteiger partial charge in [-0.1, -0.05) is 0 Å². The van der Waals surface area contributed by atoms with E-state index in [-0.39, 0.29) is 11.3 Å². The van der Waals surface area contributed by atoms with Crippen molar-refractivity contribution in [3.8, 4) is 16.9 Å². The number of benzene rings is 1. The summed E-state index contributed by atoms with van der Waals surface area (Å²) in [5, 5.41) is 10.0. The zero-order chi connectivity index (χ0) is 15.0. The number of nitrogens with one attached hydrogen (secondary N) is 1. The molecule has 5 heteroatoms. The fourth-order valence-electron chi connectivity index (χ4n) is 2.56. The third kappa shape index (κ3) is 2.38. The molecule has 108 valence electrons. The minimum absolute atomic E-state index is 0.134. The van der Waals surface area contributed by atoms with Gasteiger partial charge in [-0.2, -0.15) is 0 Å². The van der Waals surface area contributed by atoms with Crippen LogP contribution in [0.5, 0.6) is 5.75 Å². The van der Waals surface area contributed by atoms with Crippen LogP contribution in [0, 0.1) is 13.8 Å². The number of aromatic nitrogens is 1. The second-order valence-electron chi connectivity index (χ2n) is 5.05. The number of nitrogens with zero attached hydrogens (tertiary/aromatic N) is 1. The van der Waals surface area contributed by atoms with E-state index in [0.717, 1.165) is 28.1 Å². The van der Waals surface area contributed by atoms with Gasteiger partial charge in [0.2, 0.25) is 5.56 Å². The Morgan fingerprint density at radius 3 is 2.71 bits per heavy atom. The molecule has 0 bridgehead atoms. The van der Waals surface area contributed by atoms with E-state index in [4.69, 9.17) is 4.74 Å². The third-order valence-corrected chi connectivity index (χ3v) is 3.63. The SMILES string of the molecule is Cc1[nH]c(=O)ccc1-c1cc(O)cc(N2C=COC2)c1C. The highest BCUT2D eigenvalue weighted by Crippen LogP contribution is 2.36. The molecule has 21 heavy (non-hydrogen) atoms. The number of ether oxygens (including phenoxy) is 1. The molecule has 0 aliphatic carbocycles. The van der Waals surface area contributed by atoms with Crippen molar-refractivity contribution in [2.75, 3.05) is 11.6 Å². The minimum atomic E-state index is -0.134. The molecular weight excluding hydrogens is 268 g/mol. The van der Waals surface area contributed by atoms with Crippen LogP contribution in [-0.4, -0.2) is 16.8 Å². The van der Waals surface area contributed by atoms with E-state index >= 15 is 0 Å². The van der Waals surface area contributed by atoms with Crippen molar-refractivity contribution in [1.29, 1.82) is 0 Å². The van der Waals surface area contributed by atoms with Crippen LogP contribution in [0.3, 0.4) is 0 Å². The van der Waals surface area contributed by atoms with Crippen LogP contribution in [0.4, 0.5) is 5.69 Å². The average Bonchev–Trinajstić information content (AvgIpc) is 2.95. The van der Waals surface area contributed by atoms with E-state index < -0.39 is 0 Å². The Hall–Kier alpha value is -2.69. The molecule has 2 heterocycles. The number of aryl methyl sites for hydroxylation is 1. The zero-order valence-electron chi connectivity index (χ0n) is 11.9. The first kappa shape index (κ1) is 13.3. The Morgan fingerprint density at radius 1 is 1.24 bits per heavy atom. The summed E-state index contributed by atoms with van der Waals surface area (Å²) in [6.45, 7) is 4.26. The maximum Gasteiger partial charge on any atom is 0.248 e. The van der Waals surface area contributed by atoms with Gasteiger partial charge in [0.1, 0.15) is 12.0 Å².